The number of esters is 1. The molecule has 1 atom stereocenters. The van der Waals surface area contributed by atoms with E-state index in [0.29, 0.717) is 31.9 Å². The highest BCUT2D eigenvalue weighted by molar-refractivity contribution is 7.89. The summed E-state index contributed by atoms with van der Waals surface area (Å²) in [4.78, 5) is 27.5. The molecule has 2 aromatic rings. The lowest BCUT2D eigenvalue weighted by Gasteiger charge is -2.30. The number of morpholine rings is 1. The van der Waals surface area contributed by atoms with Crippen LogP contribution in [0.15, 0.2) is 47.4 Å². The van der Waals surface area contributed by atoms with Gasteiger partial charge in [-0.25, -0.2) is 13.2 Å². The van der Waals surface area contributed by atoms with E-state index in [2.05, 4.69) is 6.07 Å². The van der Waals surface area contributed by atoms with E-state index in [9.17, 15) is 18.0 Å². The molecular formula is C24H28N2O6S. The molecule has 0 N–H and O–H groups in total. The summed E-state index contributed by atoms with van der Waals surface area (Å²) in [5.74, 6) is -0.989. The Balaban J connectivity index is 1.47. The summed E-state index contributed by atoms with van der Waals surface area (Å²) in [7, 11) is -3.75. The number of carbonyl (C=O) groups is 2. The van der Waals surface area contributed by atoms with Crippen LogP contribution in [0, 0.1) is 6.92 Å². The SMILES string of the molecule is Cc1ccc(S(=O)(=O)N2CCOCC2)cc1C(=O)OC(C)C(=O)N1CCc2ccccc2C1. The maximum atomic E-state index is 13.0. The van der Waals surface area contributed by atoms with Gasteiger partial charge in [-0.3, -0.25) is 4.79 Å². The molecule has 9 heteroatoms. The maximum absolute atomic E-state index is 13.0. The van der Waals surface area contributed by atoms with Gasteiger partial charge in [-0.2, -0.15) is 4.31 Å². The van der Waals surface area contributed by atoms with E-state index in [1.165, 1.54) is 22.0 Å². The Labute approximate surface area is 194 Å². The molecule has 176 valence electrons. The third-order valence-electron chi connectivity index (χ3n) is 6.11. The number of aryl methyl sites for hydroxylation is 1. The number of nitrogens with zero attached hydrogens (tertiary/aromatic N) is 2. The standard InChI is InChI=1S/C24H28N2O6S/c1-17-7-8-21(33(29,30)26-11-13-31-14-12-26)15-22(17)24(28)32-18(2)23(27)25-10-9-19-5-3-4-6-20(19)16-25/h3-8,15,18H,9-14,16H2,1-2H3. The number of hydrogen-bond donors (Lipinski definition) is 0. The molecule has 0 aliphatic carbocycles. The number of fused-ring (bicyclic) bond motifs is 1. The zero-order valence-corrected chi connectivity index (χ0v) is 19.6. The maximum Gasteiger partial charge on any atom is 0.339 e. The van der Waals surface area contributed by atoms with Gasteiger partial charge >= 0.3 is 5.97 Å². The number of amides is 1. The van der Waals surface area contributed by atoms with Crippen molar-refractivity contribution in [2.24, 2.45) is 0 Å². The molecule has 33 heavy (non-hydrogen) atoms. The third kappa shape index (κ3) is 4.95. The van der Waals surface area contributed by atoms with E-state index < -0.39 is 22.1 Å². The van der Waals surface area contributed by atoms with Crippen LogP contribution in [0.25, 0.3) is 0 Å². The molecule has 2 aliphatic heterocycles. The van der Waals surface area contributed by atoms with Gasteiger partial charge in [-0.05, 0) is 49.1 Å². The molecule has 8 nitrogen and oxygen atoms in total. The first-order chi connectivity index (χ1) is 15.8. The number of carbonyl (C=O) groups excluding carboxylic acids is 2. The highest BCUT2D eigenvalue weighted by Crippen LogP contribution is 2.23. The van der Waals surface area contributed by atoms with Crippen molar-refractivity contribution < 1.29 is 27.5 Å². The highest BCUT2D eigenvalue weighted by Gasteiger charge is 2.30. The Hall–Kier alpha value is -2.75. The Kier molecular flexibility index (Phi) is 6.83. The second-order valence-electron chi connectivity index (χ2n) is 8.32. The van der Waals surface area contributed by atoms with Gasteiger partial charge in [0.2, 0.25) is 10.0 Å². The lowest BCUT2D eigenvalue weighted by Crippen LogP contribution is -2.42. The zero-order valence-electron chi connectivity index (χ0n) is 18.8. The van der Waals surface area contributed by atoms with Gasteiger partial charge in [-0.15, -0.1) is 0 Å². The van der Waals surface area contributed by atoms with Crippen LogP contribution >= 0.6 is 0 Å². The van der Waals surface area contributed by atoms with Gasteiger partial charge in [0.05, 0.1) is 23.7 Å². The summed E-state index contributed by atoms with van der Waals surface area (Å²) in [5.41, 5.74) is 3.02. The highest BCUT2D eigenvalue weighted by atomic mass is 32.2. The van der Waals surface area contributed by atoms with Crippen molar-refractivity contribution in [2.75, 3.05) is 32.8 Å². The van der Waals surface area contributed by atoms with Crippen molar-refractivity contribution in [1.29, 1.82) is 0 Å². The lowest BCUT2D eigenvalue weighted by atomic mass is 9.99. The summed E-state index contributed by atoms with van der Waals surface area (Å²) in [5, 5.41) is 0. The summed E-state index contributed by atoms with van der Waals surface area (Å²) in [6.45, 7) is 5.48. The number of rotatable bonds is 5. The van der Waals surface area contributed by atoms with Crippen LogP contribution < -0.4 is 0 Å². The third-order valence-corrected chi connectivity index (χ3v) is 8.01. The Morgan fingerprint density at radius 1 is 1.03 bits per heavy atom. The van der Waals surface area contributed by atoms with Gasteiger partial charge in [0.1, 0.15) is 0 Å². The molecule has 1 fully saturated rings. The molecule has 0 aromatic heterocycles. The first-order valence-corrected chi connectivity index (χ1v) is 12.5. The number of benzene rings is 2. The van der Waals surface area contributed by atoms with Crippen LogP contribution in [0.1, 0.15) is 34.0 Å². The Morgan fingerprint density at radius 3 is 2.45 bits per heavy atom. The monoisotopic (exact) mass is 472 g/mol. The fraction of sp³-hybridized carbons (Fsp3) is 0.417. The average Bonchev–Trinajstić information content (AvgIpc) is 2.83. The second kappa shape index (κ2) is 9.62. The van der Waals surface area contributed by atoms with Gasteiger partial charge in [0, 0.05) is 26.2 Å². The topological polar surface area (TPSA) is 93.2 Å². The van der Waals surface area contributed by atoms with E-state index >= 15 is 0 Å². The molecule has 1 saturated heterocycles. The summed E-state index contributed by atoms with van der Waals surface area (Å²) < 4.78 is 38.0. The van der Waals surface area contributed by atoms with Crippen LogP contribution in [0.5, 0.6) is 0 Å². The molecule has 0 bridgehead atoms. The lowest BCUT2D eigenvalue weighted by molar-refractivity contribution is -0.140. The number of sulfonamides is 1. The molecule has 2 heterocycles. The van der Waals surface area contributed by atoms with Crippen molar-refractivity contribution in [3.63, 3.8) is 0 Å². The molecule has 1 unspecified atom stereocenters. The predicted octanol–water partition coefficient (Wildman–Crippen LogP) is 2.15. The summed E-state index contributed by atoms with van der Waals surface area (Å²) in [6.07, 6.45) is -0.231. The van der Waals surface area contributed by atoms with E-state index in [1.54, 1.807) is 24.8 Å². The van der Waals surface area contributed by atoms with E-state index in [0.717, 1.165) is 12.0 Å². The quantitative estimate of drug-likeness (QED) is 0.619. The van der Waals surface area contributed by atoms with Gasteiger partial charge in [0.25, 0.3) is 5.91 Å². The molecule has 1 amide bonds. The van der Waals surface area contributed by atoms with Crippen molar-refractivity contribution >= 4 is 21.9 Å². The van der Waals surface area contributed by atoms with Crippen LogP contribution in [-0.4, -0.2) is 68.5 Å². The minimum Gasteiger partial charge on any atom is -0.449 e. The molecule has 0 saturated carbocycles. The molecule has 2 aromatic carbocycles. The minimum absolute atomic E-state index is 0.0218. The molecule has 2 aliphatic rings. The molecule has 0 spiro atoms. The zero-order chi connectivity index (χ0) is 23.6. The smallest absolute Gasteiger partial charge is 0.339 e. The van der Waals surface area contributed by atoms with E-state index in [1.807, 2.05) is 18.2 Å². The van der Waals surface area contributed by atoms with Gasteiger partial charge < -0.3 is 14.4 Å². The minimum atomic E-state index is -3.75. The van der Waals surface area contributed by atoms with Crippen molar-refractivity contribution in [3.8, 4) is 0 Å². The molecule has 0 radical (unpaired) electrons. The van der Waals surface area contributed by atoms with Crippen molar-refractivity contribution in [2.45, 2.75) is 37.8 Å². The van der Waals surface area contributed by atoms with Crippen molar-refractivity contribution in [3.05, 3.63) is 64.7 Å². The van der Waals surface area contributed by atoms with Gasteiger partial charge in [-0.1, -0.05) is 30.3 Å². The van der Waals surface area contributed by atoms with Crippen LogP contribution in [0.3, 0.4) is 0 Å². The number of hydrogen-bond acceptors (Lipinski definition) is 6. The summed E-state index contributed by atoms with van der Waals surface area (Å²) >= 11 is 0. The predicted molar refractivity (Wildman–Crippen MR) is 121 cm³/mol. The Bertz CT molecular complexity index is 1160. The molecule has 4 rings (SSSR count). The largest absolute Gasteiger partial charge is 0.449 e. The van der Waals surface area contributed by atoms with Crippen LogP contribution in [0.4, 0.5) is 0 Å². The Morgan fingerprint density at radius 2 is 1.73 bits per heavy atom. The van der Waals surface area contributed by atoms with Crippen LogP contribution in [-0.2, 0) is 37.3 Å². The van der Waals surface area contributed by atoms with Gasteiger partial charge in [0.15, 0.2) is 6.10 Å². The molecular weight excluding hydrogens is 444 g/mol. The normalized spacial score (nSPS) is 17.8. The van der Waals surface area contributed by atoms with Crippen LogP contribution in [0.2, 0.25) is 0 Å². The second-order valence-corrected chi connectivity index (χ2v) is 10.3. The number of ether oxygens (including phenoxy) is 2. The fourth-order valence-corrected chi connectivity index (χ4v) is 5.57. The fourth-order valence-electron chi connectivity index (χ4n) is 4.13. The average molecular weight is 473 g/mol. The van der Waals surface area contributed by atoms with E-state index in [4.69, 9.17) is 9.47 Å². The van der Waals surface area contributed by atoms with E-state index in [-0.39, 0.29) is 29.5 Å². The first kappa shape index (κ1) is 23.4. The summed E-state index contributed by atoms with van der Waals surface area (Å²) in [6, 6.07) is 12.4. The van der Waals surface area contributed by atoms with Crippen molar-refractivity contribution in [1.82, 2.24) is 9.21 Å². The first-order valence-electron chi connectivity index (χ1n) is 11.0.